The largest absolute Gasteiger partial charge is 0.382 e. The van der Waals surface area contributed by atoms with E-state index in [0.29, 0.717) is 10.6 Å². The van der Waals surface area contributed by atoms with E-state index in [1.54, 1.807) is 12.1 Å². The first kappa shape index (κ1) is 9.71. The van der Waals surface area contributed by atoms with Crippen LogP contribution in [0.15, 0.2) is 18.3 Å². The topological polar surface area (TPSA) is 85.4 Å². The zero-order valence-electron chi connectivity index (χ0n) is 8.47. The van der Waals surface area contributed by atoms with E-state index in [4.69, 9.17) is 4.84 Å². The number of fused-ring (bicyclic) bond motifs is 2. The Morgan fingerprint density at radius 2 is 2.12 bits per heavy atom. The highest BCUT2D eigenvalue weighted by molar-refractivity contribution is 6.45. The molecule has 3 rings (SSSR count). The van der Waals surface area contributed by atoms with Crippen molar-refractivity contribution in [2.75, 3.05) is 0 Å². The number of pyridine rings is 1. The lowest BCUT2D eigenvalue weighted by Crippen LogP contribution is -2.51. The molecule has 2 aliphatic rings. The van der Waals surface area contributed by atoms with E-state index in [2.05, 4.69) is 4.98 Å². The number of amides is 1. The average Bonchev–Trinajstić information content (AvgIpc) is 2.33. The molecule has 6 nitrogen and oxygen atoms in total. The van der Waals surface area contributed by atoms with Crippen LogP contribution in [-0.2, 0) is 19.2 Å². The molecule has 0 aromatic carbocycles. The van der Waals surface area contributed by atoms with Gasteiger partial charge in [-0.2, -0.15) is 5.48 Å². The van der Waals surface area contributed by atoms with Crippen molar-refractivity contribution in [2.45, 2.75) is 0 Å². The van der Waals surface area contributed by atoms with E-state index in [0.717, 1.165) is 0 Å². The lowest BCUT2D eigenvalue weighted by atomic mass is 9.90. The van der Waals surface area contributed by atoms with Crippen LogP contribution < -0.4 is 16.0 Å². The summed E-state index contributed by atoms with van der Waals surface area (Å²) in [6.45, 7) is 0. The van der Waals surface area contributed by atoms with Gasteiger partial charge in [-0.3, -0.25) is 19.4 Å². The maximum absolute atomic E-state index is 11.8. The van der Waals surface area contributed by atoms with Gasteiger partial charge in [-0.1, -0.05) is 0 Å². The molecular formula is C11H6N2O4. The Bertz CT molecular complexity index is 677. The predicted octanol–water partition coefficient (Wildman–Crippen LogP) is -2.20. The molecule has 1 atom stereocenters. The van der Waals surface area contributed by atoms with Crippen LogP contribution in [0, 0.1) is 5.92 Å². The molecule has 1 aliphatic carbocycles. The fourth-order valence-electron chi connectivity index (χ4n) is 1.89. The van der Waals surface area contributed by atoms with Crippen LogP contribution in [0.3, 0.4) is 0 Å². The summed E-state index contributed by atoms with van der Waals surface area (Å²) >= 11 is 0. The third kappa shape index (κ3) is 1.27. The second kappa shape index (κ2) is 3.24. The maximum Gasteiger partial charge on any atom is 0.321 e. The normalized spacial score (nSPS) is 22.0. The van der Waals surface area contributed by atoms with Gasteiger partial charge in [0.2, 0.25) is 5.78 Å². The molecule has 1 aromatic heterocycles. The Labute approximate surface area is 94.6 Å². The Morgan fingerprint density at radius 3 is 2.94 bits per heavy atom. The summed E-state index contributed by atoms with van der Waals surface area (Å²) < 4.78 is 0. The van der Waals surface area contributed by atoms with Gasteiger partial charge in [0.05, 0.1) is 5.35 Å². The van der Waals surface area contributed by atoms with Crippen LogP contribution in [0.4, 0.5) is 0 Å². The molecule has 0 saturated carbocycles. The second-order valence-corrected chi connectivity index (χ2v) is 3.68. The summed E-state index contributed by atoms with van der Waals surface area (Å²) in [5.41, 5.74) is 1.97. The Kier molecular flexibility index (Phi) is 1.85. The Morgan fingerprint density at radius 1 is 1.29 bits per heavy atom. The number of carbonyl (C=O) groups is 3. The number of hydrogen-bond acceptors (Lipinski definition) is 5. The Balaban J connectivity index is 2.34. The smallest absolute Gasteiger partial charge is 0.321 e. The van der Waals surface area contributed by atoms with Gasteiger partial charge in [-0.15, -0.1) is 0 Å². The van der Waals surface area contributed by atoms with Gasteiger partial charge in [0.15, 0.2) is 17.5 Å². The van der Waals surface area contributed by atoms with Crippen molar-refractivity contribution in [3.05, 3.63) is 28.9 Å². The first-order valence-electron chi connectivity index (χ1n) is 4.90. The van der Waals surface area contributed by atoms with Crippen LogP contribution in [0.1, 0.15) is 0 Å². The first-order chi connectivity index (χ1) is 8.18. The van der Waals surface area contributed by atoms with E-state index < -0.39 is 23.4 Å². The molecule has 2 heterocycles. The van der Waals surface area contributed by atoms with E-state index in [1.165, 1.54) is 12.3 Å². The molecule has 0 radical (unpaired) electrons. The lowest BCUT2D eigenvalue weighted by Gasteiger charge is -2.23. The predicted molar refractivity (Wildman–Crippen MR) is 54.1 cm³/mol. The van der Waals surface area contributed by atoms with Crippen molar-refractivity contribution >= 4 is 29.3 Å². The zero-order valence-corrected chi connectivity index (χ0v) is 8.47. The van der Waals surface area contributed by atoms with E-state index in [1.807, 2.05) is 5.48 Å². The van der Waals surface area contributed by atoms with Crippen molar-refractivity contribution in [3.8, 4) is 0 Å². The molecule has 6 heteroatoms. The molecule has 1 unspecified atom stereocenters. The summed E-state index contributed by atoms with van der Waals surface area (Å²) in [7, 11) is 0. The number of carbonyl (C=O) groups excluding carboxylic acids is 3. The molecule has 1 N–H and O–H groups in total. The van der Waals surface area contributed by atoms with E-state index >= 15 is 0 Å². The van der Waals surface area contributed by atoms with Crippen LogP contribution in [0.2, 0.25) is 0 Å². The van der Waals surface area contributed by atoms with Gasteiger partial charge in [0.1, 0.15) is 0 Å². The number of Topliss-reactive ketones (excluding diaryl/α,β-unsaturated/α-hetero) is 2. The minimum Gasteiger partial charge on any atom is -0.382 e. The number of nitrogens with zero attached hydrogens (tertiary/aromatic N) is 1. The molecule has 17 heavy (non-hydrogen) atoms. The van der Waals surface area contributed by atoms with Crippen molar-refractivity contribution in [1.82, 2.24) is 10.5 Å². The average molecular weight is 230 g/mol. The minimum atomic E-state index is -1.17. The molecule has 0 spiro atoms. The second-order valence-electron chi connectivity index (χ2n) is 3.68. The molecular weight excluding hydrogens is 224 g/mol. The number of nitrogens with one attached hydrogen (secondary N) is 1. The summed E-state index contributed by atoms with van der Waals surface area (Å²) in [5.74, 6) is -3.22. The van der Waals surface area contributed by atoms with Gasteiger partial charge in [0.25, 0.3) is 0 Å². The Hall–Kier alpha value is -2.50. The van der Waals surface area contributed by atoms with Gasteiger partial charge in [-0.25, -0.2) is 0 Å². The van der Waals surface area contributed by atoms with Crippen molar-refractivity contribution in [2.24, 2.45) is 5.92 Å². The number of hydrogen-bond donors (Lipinski definition) is 1. The van der Waals surface area contributed by atoms with Gasteiger partial charge >= 0.3 is 5.91 Å². The minimum absolute atomic E-state index is 0.144. The number of ketones is 2. The molecule has 84 valence electrons. The fourth-order valence-corrected chi connectivity index (χ4v) is 1.89. The molecule has 1 aromatic rings. The molecule has 1 aliphatic heterocycles. The third-order valence-electron chi connectivity index (χ3n) is 2.67. The van der Waals surface area contributed by atoms with Crippen molar-refractivity contribution in [1.29, 1.82) is 0 Å². The van der Waals surface area contributed by atoms with E-state index in [9.17, 15) is 14.4 Å². The highest BCUT2D eigenvalue weighted by Gasteiger charge is 2.41. The highest BCUT2D eigenvalue weighted by atomic mass is 16.7. The van der Waals surface area contributed by atoms with Crippen LogP contribution in [-0.4, -0.2) is 22.5 Å². The molecule has 1 fully saturated rings. The first-order valence-corrected chi connectivity index (χ1v) is 4.90. The molecule has 0 bridgehead atoms. The van der Waals surface area contributed by atoms with Gasteiger partial charge in [0, 0.05) is 17.5 Å². The molecule has 1 saturated heterocycles. The fraction of sp³-hybridized carbons (Fsp3) is 0.0909. The summed E-state index contributed by atoms with van der Waals surface area (Å²) in [6, 6.07) is 3.34. The number of aromatic nitrogens is 1. The monoisotopic (exact) mass is 230 g/mol. The summed E-state index contributed by atoms with van der Waals surface area (Å²) in [6.07, 6.45) is 2.79. The summed E-state index contributed by atoms with van der Waals surface area (Å²) in [5, 5.41) is 0.984. The van der Waals surface area contributed by atoms with Crippen LogP contribution in [0.5, 0.6) is 0 Å². The van der Waals surface area contributed by atoms with Gasteiger partial charge in [-0.05, 0) is 12.1 Å². The SMILES string of the molecule is O=C1NOC2=c3cccnc3=CC(=O)C2C1=O. The zero-order chi connectivity index (χ0) is 12.0. The number of rotatable bonds is 0. The maximum atomic E-state index is 11.8. The lowest BCUT2D eigenvalue weighted by molar-refractivity contribution is -0.150. The number of hydroxylamine groups is 1. The summed E-state index contributed by atoms with van der Waals surface area (Å²) in [4.78, 5) is 43.5. The highest BCUT2D eigenvalue weighted by Crippen LogP contribution is 2.20. The van der Waals surface area contributed by atoms with Crippen LogP contribution in [0.25, 0.3) is 11.8 Å². The van der Waals surface area contributed by atoms with Gasteiger partial charge < -0.3 is 4.84 Å². The van der Waals surface area contributed by atoms with Crippen LogP contribution >= 0.6 is 0 Å². The molecule has 1 amide bonds. The van der Waals surface area contributed by atoms with Crippen molar-refractivity contribution in [3.63, 3.8) is 0 Å². The quantitative estimate of drug-likeness (QED) is 0.404. The third-order valence-corrected chi connectivity index (χ3v) is 2.67. The van der Waals surface area contributed by atoms with Crippen molar-refractivity contribution < 1.29 is 19.2 Å². The standard InChI is InChI=1S/C11H6N2O4/c14-7-4-6-5(2-1-3-12-6)10-8(7)9(15)11(16)13-17-10/h1-4,8H,(H,13,16). The van der Waals surface area contributed by atoms with E-state index in [-0.39, 0.29) is 5.76 Å².